The Balaban J connectivity index is 1.60. The number of fused-ring (bicyclic) bond motifs is 2. The Morgan fingerprint density at radius 3 is 2.38 bits per heavy atom. The fourth-order valence-corrected chi connectivity index (χ4v) is 5.04. The maximum absolute atomic E-state index is 13.6. The predicted molar refractivity (Wildman–Crippen MR) is 178 cm³/mol. The van der Waals surface area contributed by atoms with Crippen LogP contribution in [-0.4, -0.2) is 57.2 Å². The molecule has 0 atom stereocenters. The van der Waals surface area contributed by atoms with Crippen LogP contribution in [0.1, 0.15) is 42.3 Å². The lowest BCUT2D eigenvalue weighted by molar-refractivity contribution is -0.138. The molecule has 1 aliphatic heterocycles. The lowest BCUT2D eigenvalue weighted by atomic mass is 9.89. The molecule has 4 rings (SSSR count). The number of nitrogens with one attached hydrogen (secondary N) is 4. The molecule has 3 amide bonds. The molecule has 0 saturated carbocycles. The predicted octanol–water partition coefficient (Wildman–Crippen LogP) is 5.32. The molecular weight excluding hydrogens is 570 g/mol. The van der Waals surface area contributed by atoms with Crippen molar-refractivity contribution in [2.45, 2.75) is 34.6 Å². The summed E-state index contributed by atoms with van der Waals surface area (Å²) in [6.07, 6.45) is 0. The highest BCUT2D eigenvalue weighted by Gasteiger charge is 2.23. The zero-order chi connectivity index (χ0) is 32.5. The SMILES string of the molecule is C=C(C)C(=O)OCCNC(=O)NCCNC(=O)c1ccccc1-c1c2cc(C)c(=NCC)cc-2oc2cc(NCC)c(C)cc12. The van der Waals surface area contributed by atoms with Crippen molar-refractivity contribution in [1.82, 2.24) is 16.0 Å². The molecule has 1 aliphatic carbocycles. The van der Waals surface area contributed by atoms with E-state index in [4.69, 9.17) is 9.15 Å². The number of carbonyl (C=O) groups is 3. The molecule has 0 fully saturated rings. The third-order valence-corrected chi connectivity index (χ3v) is 7.19. The first-order valence-electron chi connectivity index (χ1n) is 15.1. The van der Waals surface area contributed by atoms with Gasteiger partial charge in [0.05, 0.1) is 11.9 Å². The Morgan fingerprint density at radius 1 is 0.911 bits per heavy atom. The first-order chi connectivity index (χ1) is 21.6. The zero-order valence-corrected chi connectivity index (χ0v) is 26.6. The maximum atomic E-state index is 13.6. The molecule has 2 aliphatic rings. The molecule has 2 aromatic rings. The molecule has 1 heterocycles. The van der Waals surface area contributed by atoms with Crippen molar-refractivity contribution in [2.24, 2.45) is 4.99 Å². The Kier molecular flexibility index (Phi) is 11.0. The van der Waals surface area contributed by atoms with Crippen LogP contribution >= 0.6 is 0 Å². The van der Waals surface area contributed by atoms with Crippen molar-refractivity contribution in [1.29, 1.82) is 0 Å². The minimum absolute atomic E-state index is 0.0346. The summed E-state index contributed by atoms with van der Waals surface area (Å²) in [6.45, 7) is 15.2. The van der Waals surface area contributed by atoms with Crippen molar-refractivity contribution < 1.29 is 23.5 Å². The van der Waals surface area contributed by atoms with Crippen LogP contribution in [0.25, 0.3) is 33.4 Å². The summed E-state index contributed by atoms with van der Waals surface area (Å²) in [4.78, 5) is 41.7. The third kappa shape index (κ3) is 7.89. The van der Waals surface area contributed by atoms with E-state index < -0.39 is 12.0 Å². The van der Waals surface area contributed by atoms with E-state index in [2.05, 4.69) is 58.8 Å². The fraction of sp³-hybridized carbons (Fsp3) is 0.314. The van der Waals surface area contributed by atoms with Crippen LogP contribution in [-0.2, 0) is 9.53 Å². The quantitative estimate of drug-likeness (QED) is 0.0742. The first-order valence-corrected chi connectivity index (χ1v) is 15.1. The Hall–Kier alpha value is -5.12. The van der Waals surface area contributed by atoms with Gasteiger partial charge in [-0.3, -0.25) is 9.79 Å². The highest BCUT2D eigenvalue weighted by molar-refractivity contribution is 6.09. The topological polar surface area (TPSA) is 134 Å². The second-order valence-corrected chi connectivity index (χ2v) is 10.7. The van der Waals surface area contributed by atoms with E-state index in [0.717, 1.165) is 50.8 Å². The van der Waals surface area contributed by atoms with E-state index in [0.29, 0.717) is 29.0 Å². The van der Waals surface area contributed by atoms with E-state index >= 15 is 0 Å². The van der Waals surface area contributed by atoms with Gasteiger partial charge in [-0.15, -0.1) is 0 Å². The van der Waals surface area contributed by atoms with Gasteiger partial charge in [0.15, 0.2) is 0 Å². The second kappa shape index (κ2) is 15.1. The monoisotopic (exact) mass is 611 g/mol. The number of carbonyl (C=O) groups excluding carboxylic acids is 3. The van der Waals surface area contributed by atoms with Crippen molar-refractivity contribution in [3.05, 3.63) is 82.7 Å². The number of amides is 3. The van der Waals surface area contributed by atoms with Gasteiger partial charge < -0.3 is 30.4 Å². The van der Waals surface area contributed by atoms with E-state index in [-0.39, 0.29) is 32.1 Å². The van der Waals surface area contributed by atoms with Gasteiger partial charge in [-0.25, -0.2) is 9.59 Å². The summed E-state index contributed by atoms with van der Waals surface area (Å²) in [7, 11) is 0. The highest BCUT2D eigenvalue weighted by atomic mass is 16.5. The third-order valence-electron chi connectivity index (χ3n) is 7.19. The van der Waals surface area contributed by atoms with Gasteiger partial charge in [0.25, 0.3) is 5.91 Å². The number of nitrogens with zero attached hydrogens (tertiary/aromatic N) is 1. The molecule has 10 heteroatoms. The number of urea groups is 1. The molecule has 45 heavy (non-hydrogen) atoms. The van der Waals surface area contributed by atoms with Crippen LogP contribution in [0.2, 0.25) is 0 Å². The number of hydrogen-bond donors (Lipinski definition) is 4. The van der Waals surface area contributed by atoms with Crippen molar-refractivity contribution in [3.63, 3.8) is 0 Å². The highest BCUT2D eigenvalue weighted by Crippen LogP contribution is 2.42. The summed E-state index contributed by atoms with van der Waals surface area (Å²) < 4.78 is 11.4. The van der Waals surface area contributed by atoms with Crippen LogP contribution in [0.15, 0.2) is 70.1 Å². The van der Waals surface area contributed by atoms with Crippen molar-refractivity contribution >= 4 is 34.6 Å². The number of esters is 1. The van der Waals surface area contributed by atoms with Gasteiger partial charge in [0.1, 0.15) is 18.0 Å². The summed E-state index contributed by atoms with van der Waals surface area (Å²) >= 11 is 0. The van der Waals surface area contributed by atoms with Crippen molar-refractivity contribution in [2.75, 3.05) is 44.6 Å². The average Bonchev–Trinajstić information content (AvgIpc) is 3.01. The molecule has 0 aromatic heterocycles. The van der Waals surface area contributed by atoms with Crippen LogP contribution in [0.4, 0.5) is 10.5 Å². The molecule has 0 radical (unpaired) electrons. The molecular formula is C35H41N5O5. The number of hydrogen-bond acceptors (Lipinski definition) is 7. The summed E-state index contributed by atoms with van der Waals surface area (Å²) in [5.74, 6) is -0.0929. The zero-order valence-electron chi connectivity index (χ0n) is 26.6. The fourth-order valence-electron chi connectivity index (χ4n) is 5.04. The normalized spacial score (nSPS) is 11.4. The first kappa shape index (κ1) is 32.8. The van der Waals surface area contributed by atoms with Gasteiger partial charge in [0, 0.05) is 71.6 Å². The summed E-state index contributed by atoms with van der Waals surface area (Å²) in [5, 5.41) is 13.4. The lowest BCUT2D eigenvalue weighted by Crippen LogP contribution is -2.41. The van der Waals surface area contributed by atoms with E-state index in [1.165, 1.54) is 0 Å². The molecule has 0 spiro atoms. The van der Waals surface area contributed by atoms with Crippen LogP contribution in [0.3, 0.4) is 0 Å². The molecule has 10 nitrogen and oxygen atoms in total. The minimum atomic E-state index is -0.508. The van der Waals surface area contributed by atoms with Gasteiger partial charge in [-0.1, -0.05) is 24.8 Å². The molecule has 236 valence electrons. The van der Waals surface area contributed by atoms with Gasteiger partial charge >= 0.3 is 12.0 Å². The second-order valence-electron chi connectivity index (χ2n) is 10.7. The van der Waals surface area contributed by atoms with Crippen LogP contribution in [0.5, 0.6) is 0 Å². The Morgan fingerprint density at radius 2 is 1.64 bits per heavy atom. The number of rotatable bonds is 12. The molecule has 4 N–H and O–H groups in total. The Labute approximate surface area is 263 Å². The van der Waals surface area contributed by atoms with E-state index in [1.54, 1.807) is 13.0 Å². The molecule has 2 aromatic carbocycles. The molecule has 0 saturated heterocycles. The largest absolute Gasteiger partial charge is 0.460 e. The summed E-state index contributed by atoms with van der Waals surface area (Å²) in [6, 6.07) is 15.2. The molecule has 0 unspecified atom stereocenters. The van der Waals surface area contributed by atoms with Crippen LogP contribution < -0.4 is 26.6 Å². The lowest BCUT2D eigenvalue weighted by Gasteiger charge is -2.20. The smallest absolute Gasteiger partial charge is 0.333 e. The maximum Gasteiger partial charge on any atom is 0.333 e. The molecule has 0 bridgehead atoms. The number of anilines is 1. The van der Waals surface area contributed by atoms with Crippen LogP contribution in [0, 0.1) is 13.8 Å². The van der Waals surface area contributed by atoms with Crippen molar-refractivity contribution in [3.8, 4) is 22.5 Å². The van der Waals surface area contributed by atoms with Gasteiger partial charge in [0.2, 0.25) is 0 Å². The van der Waals surface area contributed by atoms with Gasteiger partial charge in [-0.2, -0.15) is 0 Å². The van der Waals surface area contributed by atoms with E-state index in [1.807, 2.05) is 44.2 Å². The summed E-state index contributed by atoms with van der Waals surface area (Å²) in [5.41, 5.74) is 7.12. The Bertz CT molecular complexity index is 1770. The standard InChI is InChI=1S/C35H41N5O5/c1-7-36-28-19-30-26(17-22(28)5)32(27-18-23(6)29(37-8-2)20-31(27)45-30)24-11-9-10-12-25(24)33(41)38-13-14-39-35(43)40-15-16-44-34(42)21(3)4/h9-12,17-20,36H,3,7-8,13-16H2,1-2,4-6H3,(H,38,41)(H2,39,40,43). The number of ether oxygens (including phenoxy) is 1. The minimum Gasteiger partial charge on any atom is -0.460 e. The number of benzene rings is 3. The number of aryl methyl sites for hydroxylation is 2. The van der Waals surface area contributed by atoms with Gasteiger partial charge in [-0.05, 0) is 69.5 Å². The average molecular weight is 612 g/mol. The van der Waals surface area contributed by atoms with E-state index in [9.17, 15) is 14.4 Å².